The van der Waals surface area contributed by atoms with Gasteiger partial charge in [-0.15, -0.1) is 23.7 Å². The van der Waals surface area contributed by atoms with E-state index in [4.69, 9.17) is 5.73 Å². The van der Waals surface area contributed by atoms with Gasteiger partial charge < -0.3 is 11.1 Å². The number of carbonyl (C=O) groups is 1. The molecule has 18 heavy (non-hydrogen) atoms. The molecule has 0 aromatic carbocycles. The van der Waals surface area contributed by atoms with Gasteiger partial charge in [0.15, 0.2) is 0 Å². The lowest BCUT2D eigenvalue weighted by Gasteiger charge is -2.31. The zero-order chi connectivity index (χ0) is 12.3. The summed E-state index contributed by atoms with van der Waals surface area (Å²) >= 11 is 1.51. The number of hydrogen-bond donors (Lipinski definition) is 2. The fourth-order valence-electron chi connectivity index (χ4n) is 2.52. The molecule has 1 saturated carbocycles. The molecule has 5 heteroatoms. The highest BCUT2D eigenvalue weighted by Gasteiger charge is 2.26. The van der Waals surface area contributed by atoms with Crippen LogP contribution in [0.5, 0.6) is 0 Å². The van der Waals surface area contributed by atoms with Crippen molar-refractivity contribution in [3.63, 3.8) is 0 Å². The highest BCUT2D eigenvalue weighted by atomic mass is 35.5. The van der Waals surface area contributed by atoms with E-state index in [0.717, 1.165) is 23.3 Å². The summed E-state index contributed by atoms with van der Waals surface area (Å²) in [5, 5.41) is 5.12. The molecule has 102 valence electrons. The number of hydrogen-bond acceptors (Lipinski definition) is 3. The number of nitrogens with two attached hydrogens (primary N) is 1. The Kier molecular flexibility index (Phi) is 6.12. The SMILES string of the molecule is Cc1ccsc1C(=O)NC1CCCCC1CN.Cl. The standard InChI is InChI=1S/C13H20N2OS.ClH/c1-9-6-7-17-12(9)13(16)15-11-5-3-2-4-10(11)8-14;/h6-7,10-11H,2-5,8,14H2,1H3,(H,15,16);1H. The molecule has 1 fully saturated rings. The predicted octanol–water partition coefficient (Wildman–Crippen LogP) is 2.73. The van der Waals surface area contributed by atoms with Crippen LogP contribution >= 0.6 is 23.7 Å². The third kappa shape index (κ3) is 3.46. The van der Waals surface area contributed by atoms with E-state index in [0.29, 0.717) is 12.5 Å². The third-order valence-corrected chi connectivity index (χ3v) is 4.61. The van der Waals surface area contributed by atoms with Crippen LogP contribution in [0.4, 0.5) is 0 Å². The van der Waals surface area contributed by atoms with E-state index in [-0.39, 0.29) is 24.4 Å². The smallest absolute Gasteiger partial charge is 0.261 e. The summed E-state index contributed by atoms with van der Waals surface area (Å²) in [4.78, 5) is 13.0. The van der Waals surface area contributed by atoms with Gasteiger partial charge in [0.25, 0.3) is 5.91 Å². The van der Waals surface area contributed by atoms with E-state index in [9.17, 15) is 4.79 Å². The first-order valence-electron chi connectivity index (χ1n) is 6.27. The molecule has 1 heterocycles. The lowest BCUT2D eigenvalue weighted by Crippen LogP contribution is -2.44. The number of rotatable bonds is 3. The van der Waals surface area contributed by atoms with Crippen LogP contribution in [0.25, 0.3) is 0 Å². The van der Waals surface area contributed by atoms with Crippen LogP contribution in [-0.2, 0) is 0 Å². The molecule has 2 rings (SSSR count). The molecule has 2 atom stereocenters. The molecule has 0 radical (unpaired) electrons. The topological polar surface area (TPSA) is 55.1 Å². The number of carbonyl (C=O) groups excluding carboxylic acids is 1. The van der Waals surface area contributed by atoms with Gasteiger partial charge in [0.2, 0.25) is 0 Å². The van der Waals surface area contributed by atoms with E-state index in [1.54, 1.807) is 0 Å². The summed E-state index contributed by atoms with van der Waals surface area (Å²) in [6, 6.07) is 2.25. The maximum absolute atomic E-state index is 12.1. The number of thiophene rings is 1. The van der Waals surface area contributed by atoms with Crippen molar-refractivity contribution in [2.75, 3.05) is 6.54 Å². The first-order chi connectivity index (χ1) is 8.22. The number of aryl methyl sites for hydroxylation is 1. The van der Waals surface area contributed by atoms with Gasteiger partial charge in [-0.25, -0.2) is 0 Å². The highest BCUT2D eigenvalue weighted by molar-refractivity contribution is 7.12. The van der Waals surface area contributed by atoms with Gasteiger partial charge in [-0.1, -0.05) is 12.8 Å². The van der Waals surface area contributed by atoms with Crippen molar-refractivity contribution < 1.29 is 4.79 Å². The van der Waals surface area contributed by atoms with Crippen molar-refractivity contribution in [2.24, 2.45) is 11.7 Å². The summed E-state index contributed by atoms with van der Waals surface area (Å²) < 4.78 is 0. The van der Waals surface area contributed by atoms with Crippen LogP contribution in [-0.4, -0.2) is 18.5 Å². The fraction of sp³-hybridized carbons (Fsp3) is 0.615. The summed E-state index contributed by atoms with van der Waals surface area (Å²) in [7, 11) is 0. The molecule has 3 N–H and O–H groups in total. The second-order valence-electron chi connectivity index (χ2n) is 4.79. The van der Waals surface area contributed by atoms with E-state index in [1.807, 2.05) is 18.4 Å². The largest absolute Gasteiger partial charge is 0.348 e. The summed E-state index contributed by atoms with van der Waals surface area (Å²) in [6.07, 6.45) is 4.65. The van der Waals surface area contributed by atoms with Crippen molar-refractivity contribution in [1.29, 1.82) is 0 Å². The van der Waals surface area contributed by atoms with Crippen molar-refractivity contribution in [1.82, 2.24) is 5.32 Å². The third-order valence-electron chi connectivity index (χ3n) is 3.60. The molecule has 2 unspecified atom stereocenters. The minimum atomic E-state index is 0. The Morgan fingerprint density at radius 3 is 2.83 bits per heavy atom. The van der Waals surface area contributed by atoms with Gasteiger partial charge in [-0.3, -0.25) is 4.79 Å². The molecule has 1 aliphatic rings. The van der Waals surface area contributed by atoms with Crippen molar-refractivity contribution in [3.8, 4) is 0 Å². The fourth-order valence-corrected chi connectivity index (χ4v) is 3.35. The predicted molar refractivity (Wildman–Crippen MR) is 78.6 cm³/mol. The molecular weight excluding hydrogens is 268 g/mol. The Morgan fingerprint density at radius 1 is 1.50 bits per heavy atom. The van der Waals surface area contributed by atoms with E-state index >= 15 is 0 Å². The number of nitrogens with one attached hydrogen (secondary N) is 1. The van der Waals surface area contributed by atoms with E-state index < -0.39 is 0 Å². The first-order valence-corrected chi connectivity index (χ1v) is 7.15. The Bertz CT molecular complexity index is 394. The monoisotopic (exact) mass is 288 g/mol. The quantitative estimate of drug-likeness (QED) is 0.898. The van der Waals surface area contributed by atoms with Crippen LogP contribution in [0.3, 0.4) is 0 Å². The second-order valence-corrected chi connectivity index (χ2v) is 5.71. The van der Waals surface area contributed by atoms with Gasteiger partial charge in [0.05, 0.1) is 4.88 Å². The molecule has 1 aliphatic carbocycles. The van der Waals surface area contributed by atoms with Crippen LogP contribution in [0.2, 0.25) is 0 Å². The van der Waals surface area contributed by atoms with E-state index in [1.165, 1.54) is 24.2 Å². The average molecular weight is 289 g/mol. The first kappa shape index (κ1) is 15.5. The molecule has 1 amide bonds. The van der Waals surface area contributed by atoms with Crippen LogP contribution in [0.1, 0.15) is 40.9 Å². The number of halogens is 1. The van der Waals surface area contributed by atoms with Crippen molar-refractivity contribution in [3.05, 3.63) is 21.9 Å². The zero-order valence-corrected chi connectivity index (χ0v) is 12.3. The normalized spacial score (nSPS) is 23.2. The molecule has 0 spiro atoms. The minimum Gasteiger partial charge on any atom is -0.348 e. The average Bonchev–Trinajstić information content (AvgIpc) is 2.76. The molecule has 0 aliphatic heterocycles. The lowest BCUT2D eigenvalue weighted by molar-refractivity contribution is 0.0911. The van der Waals surface area contributed by atoms with E-state index in [2.05, 4.69) is 5.32 Å². The minimum absolute atomic E-state index is 0. The molecule has 0 saturated heterocycles. The number of amides is 1. The van der Waals surface area contributed by atoms with Crippen LogP contribution < -0.4 is 11.1 Å². The summed E-state index contributed by atoms with van der Waals surface area (Å²) in [5.74, 6) is 0.524. The zero-order valence-electron chi connectivity index (χ0n) is 10.6. The van der Waals surface area contributed by atoms with Gasteiger partial charge >= 0.3 is 0 Å². The Hall–Kier alpha value is -0.580. The van der Waals surface area contributed by atoms with Gasteiger partial charge in [-0.2, -0.15) is 0 Å². The maximum Gasteiger partial charge on any atom is 0.261 e. The molecular formula is C13H21ClN2OS. The molecule has 1 aromatic heterocycles. The molecule has 0 bridgehead atoms. The lowest BCUT2D eigenvalue weighted by atomic mass is 9.84. The Balaban J connectivity index is 0.00000162. The summed E-state index contributed by atoms with van der Waals surface area (Å²) in [5.41, 5.74) is 6.83. The van der Waals surface area contributed by atoms with Crippen LogP contribution in [0, 0.1) is 12.8 Å². The van der Waals surface area contributed by atoms with Crippen molar-refractivity contribution in [2.45, 2.75) is 38.6 Å². The Labute approximate surface area is 119 Å². The molecule has 3 nitrogen and oxygen atoms in total. The Morgan fingerprint density at radius 2 is 2.22 bits per heavy atom. The van der Waals surface area contributed by atoms with Gasteiger partial charge in [-0.05, 0) is 49.2 Å². The molecule has 1 aromatic rings. The summed E-state index contributed by atoms with van der Waals surface area (Å²) in [6.45, 7) is 2.65. The second kappa shape index (κ2) is 7.12. The van der Waals surface area contributed by atoms with Crippen molar-refractivity contribution >= 4 is 29.7 Å². The van der Waals surface area contributed by atoms with Gasteiger partial charge in [0.1, 0.15) is 0 Å². The van der Waals surface area contributed by atoms with Crippen LogP contribution in [0.15, 0.2) is 11.4 Å². The maximum atomic E-state index is 12.1. The highest BCUT2D eigenvalue weighted by Crippen LogP contribution is 2.24. The van der Waals surface area contributed by atoms with Gasteiger partial charge in [0, 0.05) is 6.04 Å².